The van der Waals surface area contributed by atoms with E-state index < -0.39 is 11.9 Å². The Labute approximate surface area is 175 Å². The summed E-state index contributed by atoms with van der Waals surface area (Å²) in [7, 11) is 0. The summed E-state index contributed by atoms with van der Waals surface area (Å²) in [6, 6.07) is 3.49. The Morgan fingerprint density at radius 2 is 1.79 bits per heavy atom. The summed E-state index contributed by atoms with van der Waals surface area (Å²) in [5.41, 5.74) is 2.39. The smallest absolute Gasteiger partial charge is 0.331 e. The zero-order valence-electron chi connectivity index (χ0n) is 18.3. The molecule has 0 spiro atoms. The molecule has 3 N–H and O–H groups in total. The lowest BCUT2D eigenvalue weighted by atomic mass is 9.72. The maximum atomic E-state index is 11.5. The minimum atomic E-state index is -0.945. The van der Waals surface area contributed by atoms with Crippen molar-refractivity contribution >= 4 is 5.97 Å². The van der Waals surface area contributed by atoms with E-state index in [0.717, 1.165) is 24.0 Å². The highest BCUT2D eigenvalue weighted by Crippen LogP contribution is 2.47. The number of unbranched alkanes of at least 4 members (excludes halogenated alkanes) is 3. The van der Waals surface area contributed by atoms with Gasteiger partial charge in [0.05, 0.1) is 0 Å². The van der Waals surface area contributed by atoms with Gasteiger partial charge < -0.3 is 15.3 Å². The number of allylic oxidation sites excluding steroid dienone is 2. The molecule has 2 rings (SSSR count). The minimum absolute atomic E-state index is 0.0113. The zero-order valence-corrected chi connectivity index (χ0v) is 18.3. The van der Waals surface area contributed by atoms with Crippen molar-refractivity contribution in [2.45, 2.75) is 84.0 Å². The van der Waals surface area contributed by atoms with Crippen LogP contribution in [0.15, 0.2) is 35.9 Å². The molecule has 0 aliphatic heterocycles. The van der Waals surface area contributed by atoms with Crippen molar-refractivity contribution in [3.63, 3.8) is 0 Å². The Hall–Kier alpha value is -2.23. The van der Waals surface area contributed by atoms with Crippen LogP contribution in [-0.2, 0) is 10.2 Å². The van der Waals surface area contributed by atoms with Crippen LogP contribution >= 0.6 is 0 Å². The number of hydrogen-bond donors (Lipinski definition) is 3. The van der Waals surface area contributed by atoms with E-state index in [9.17, 15) is 20.1 Å². The maximum Gasteiger partial charge on any atom is 0.331 e. The summed E-state index contributed by atoms with van der Waals surface area (Å²) in [6.45, 7) is 12.4. The summed E-state index contributed by atoms with van der Waals surface area (Å²) in [6.07, 6.45) is 8.45. The molecule has 0 aromatic heterocycles. The highest BCUT2D eigenvalue weighted by Gasteiger charge is 2.33. The lowest BCUT2D eigenvalue weighted by molar-refractivity contribution is -0.133. The zero-order chi connectivity index (χ0) is 21.8. The first kappa shape index (κ1) is 23.1. The van der Waals surface area contributed by atoms with E-state index in [0.29, 0.717) is 24.0 Å². The quantitative estimate of drug-likeness (QED) is 0.330. The first-order valence-electron chi connectivity index (χ1n) is 10.7. The molecule has 1 aromatic carbocycles. The van der Waals surface area contributed by atoms with E-state index in [-0.39, 0.29) is 22.8 Å². The van der Waals surface area contributed by atoms with E-state index in [1.165, 1.54) is 19.3 Å². The number of carbonyl (C=O) groups is 1. The number of benzene rings is 1. The van der Waals surface area contributed by atoms with Gasteiger partial charge in [-0.05, 0) is 55.2 Å². The molecule has 160 valence electrons. The van der Waals surface area contributed by atoms with E-state index >= 15 is 0 Å². The van der Waals surface area contributed by atoms with Gasteiger partial charge in [0, 0.05) is 17.1 Å². The van der Waals surface area contributed by atoms with E-state index in [4.69, 9.17) is 0 Å². The molecule has 0 amide bonds. The van der Waals surface area contributed by atoms with E-state index in [1.54, 1.807) is 18.2 Å². The van der Waals surface area contributed by atoms with Crippen LogP contribution in [0.5, 0.6) is 11.5 Å². The van der Waals surface area contributed by atoms with Gasteiger partial charge in [0.25, 0.3) is 0 Å². The molecule has 0 fully saturated rings. The number of phenolic OH excluding ortho intramolecular Hbond substituents is 2. The van der Waals surface area contributed by atoms with Gasteiger partial charge in [-0.15, -0.1) is 0 Å². The molecule has 1 aromatic rings. The van der Waals surface area contributed by atoms with Crippen molar-refractivity contribution in [1.82, 2.24) is 0 Å². The van der Waals surface area contributed by atoms with Crippen LogP contribution in [0.2, 0.25) is 0 Å². The van der Waals surface area contributed by atoms with Crippen LogP contribution in [0, 0.1) is 5.92 Å². The minimum Gasteiger partial charge on any atom is -0.507 e. The topological polar surface area (TPSA) is 77.8 Å². The first-order chi connectivity index (χ1) is 13.6. The SMILES string of the molecule is C=C(C)[C@@H]1CCC(C(=O)O)=CC1c1c(O)cc(C(C)(C)CCCCCC)cc1O. The average Bonchev–Trinajstić information content (AvgIpc) is 2.64. The van der Waals surface area contributed by atoms with Gasteiger partial charge in [0.1, 0.15) is 11.5 Å². The van der Waals surface area contributed by atoms with E-state index in [1.807, 2.05) is 6.92 Å². The molecule has 0 radical (unpaired) electrons. The van der Waals surface area contributed by atoms with Crippen molar-refractivity contribution in [2.24, 2.45) is 5.92 Å². The molecule has 0 saturated carbocycles. The van der Waals surface area contributed by atoms with Gasteiger partial charge in [-0.2, -0.15) is 0 Å². The Balaban J connectivity index is 2.40. The molecule has 1 unspecified atom stereocenters. The third-order valence-electron chi connectivity index (χ3n) is 6.35. The van der Waals surface area contributed by atoms with Gasteiger partial charge >= 0.3 is 5.97 Å². The van der Waals surface area contributed by atoms with Crippen molar-refractivity contribution in [1.29, 1.82) is 0 Å². The fraction of sp³-hybridized carbons (Fsp3) is 0.560. The highest BCUT2D eigenvalue weighted by molar-refractivity contribution is 5.87. The van der Waals surface area contributed by atoms with Gasteiger partial charge in [-0.25, -0.2) is 4.79 Å². The van der Waals surface area contributed by atoms with Gasteiger partial charge in [0.2, 0.25) is 0 Å². The van der Waals surface area contributed by atoms with Gasteiger partial charge in [0.15, 0.2) is 0 Å². The standard InChI is InChI=1S/C25H36O4/c1-6-7-8-9-12-25(4,5)18-14-21(26)23(22(27)15-18)20-13-17(24(28)29)10-11-19(20)16(2)3/h13-15,19-20,26-27H,2,6-12H2,1,3-5H3,(H,28,29)/t19-,20?/m0/s1. The van der Waals surface area contributed by atoms with Gasteiger partial charge in [-0.1, -0.05) is 64.7 Å². The largest absolute Gasteiger partial charge is 0.507 e. The molecular formula is C25H36O4. The molecule has 2 atom stereocenters. The Bertz CT molecular complexity index is 765. The molecule has 0 heterocycles. The number of hydrogen-bond acceptors (Lipinski definition) is 3. The fourth-order valence-electron chi connectivity index (χ4n) is 4.42. The summed E-state index contributed by atoms with van der Waals surface area (Å²) >= 11 is 0. The monoisotopic (exact) mass is 400 g/mol. The maximum absolute atomic E-state index is 11.5. The van der Waals surface area contributed by atoms with E-state index in [2.05, 4.69) is 27.4 Å². The number of aromatic hydroxyl groups is 2. The average molecular weight is 401 g/mol. The van der Waals surface area contributed by atoms with Crippen LogP contribution in [0.4, 0.5) is 0 Å². The van der Waals surface area contributed by atoms with Crippen LogP contribution < -0.4 is 0 Å². The Morgan fingerprint density at radius 3 is 2.31 bits per heavy atom. The molecule has 0 saturated heterocycles. The van der Waals surface area contributed by atoms with Crippen molar-refractivity contribution in [3.05, 3.63) is 47.1 Å². The number of phenols is 2. The summed E-state index contributed by atoms with van der Waals surface area (Å²) in [4.78, 5) is 11.5. The van der Waals surface area contributed by atoms with Crippen molar-refractivity contribution < 1.29 is 20.1 Å². The van der Waals surface area contributed by atoms with Crippen LogP contribution in [-0.4, -0.2) is 21.3 Å². The summed E-state index contributed by atoms with van der Waals surface area (Å²) in [5, 5.41) is 31.1. The third kappa shape index (κ3) is 5.43. The summed E-state index contributed by atoms with van der Waals surface area (Å²) in [5.74, 6) is -1.29. The predicted molar refractivity (Wildman–Crippen MR) is 118 cm³/mol. The van der Waals surface area contributed by atoms with Crippen molar-refractivity contribution in [3.8, 4) is 11.5 Å². The first-order valence-corrected chi connectivity index (χ1v) is 10.7. The molecule has 1 aliphatic carbocycles. The normalized spacial score (nSPS) is 19.7. The predicted octanol–water partition coefficient (Wildman–Crippen LogP) is 6.43. The lowest BCUT2D eigenvalue weighted by Gasteiger charge is -2.32. The molecule has 29 heavy (non-hydrogen) atoms. The Morgan fingerprint density at radius 1 is 1.17 bits per heavy atom. The van der Waals surface area contributed by atoms with Crippen LogP contribution in [0.25, 0.3) is 0 Å². The van der Waals surface area contributed by atoms with Gasteiger partial charge in [-0.3, -0.25) is 0 Å². The highest BCUT2D eigenvalue weighted by atomic mass is 16.4. The molecule has 1 aliphatic rings. The third-order valence-corrected chi connectivity index (χ3v) is 6.35. The Kier molecular flexibility index (Phi) is 7.56. The fourth-order valence-corrected chi connectivity index (χ4v) is 4.42. The second-order valence-electron chi connectivity index (χ2n) is 9.14. The lowest BCUT2D eigenvalue weighted by Crippen LogP contribution is -2.21. The molecular weight excluding hydrogens is 364 g/mol. The second-order valence-corrected chi connectivity index (χ2v) is 9.14. The summed E-state index contributed by atoms with van der Waals surface area (Å²) < 4.78 is 0. The number of aliphatic carboxylic acids is 1. The molecule has 4 nitrogen and oxygen atoms in total. The second kappa shape index (κ2) is 9.51. The number of rotatable bonds is 9. The molecule has 0 bridgehead atoms. The van der Waals surface area contributed by atoms with Crippen LogP contribution in [0.3, 0.4) is 0 Å². The number of carboxylic acid groups (broad SMARTS) is 1. The van der Waals surface area contributed by atoms with Crippen molar-refractivity contribution in [2.75, 3.05) is 0 Å². The van der Waals surface area contributed by atoms with Crippen LogP contribution in [0.1, 0.15) is 89.7 Å². The number of carboxylic acids is 1. The molecule has 4 heteroatoms.